The topological polar surface area (TPSA) is 68.2 Å². The third-order valence-corrected chi connectivity index (χ3v) is 6.18. The van der Waals surface area contributed by atoms with Crippen LogP contribution in [0, 0.1) is 6.92 Å². The minimum absolute atomic E-state index is 0.174. The van der Waals surface area contributed by atoms with Crippen LogP contribution in [0.5, 0.6) is 5.75 Å². The molecule has 2 aromatic carbocycles. The summed E-state index contributed by atoms with van der Waals surface area (Å²) in [6.45, 7) is 2.65. The lowest BCUT2D eigenvalue weighted by Gasteiger charge is -2.12. The first kappa shape index (κ1) is 21.0. The van der Waals surface area contributed by atoms with Gasteiger partial charge in [-0.05, 0) is 48.8 Å². The first-order chi connectivity index (χ1) is 15.1. The van der Waals surface area contributed by atoms with Crippen molar-refractivity contribution in [2.75, 3.05) is 19.1 Å². The van der Waals surface area contributed by atoms with E-state index in [0.29, 0.717) is 17.0 Å². The maximum Gasteiger partial charge on any atom is 0.281 e. The van der Waals surface area contributed by atoms with Crippen LogP contribution in [0.3, 0.4) is 0 Å². The van der Waals surface area contributed by atoms with Crippen LogP contribution in [0.2, 0.25) is 0 Å². The van der Waals surface area contributed by atoms with Crippen molar-refractivity contribution in [1.29, 1.82) is 0 Å². The summed E-state index contributed by atoms with van der Waals surface area (Å²) in [5.41, 5.74) is 5.86. The predicted molar refractivity (Wildman–Crippen MR) is 131 cm³/mol. The average Bonchev–Trinajstić information content (AvgIpc) is 3.13. The molecule has 158 valence electrons. The molecule has 0 aliphatic carbocycles. The first-order valence-electron chi connectivity index (χ1n) is 9.81. The summed E-state index contributed by atoms with van der Waals surface area (Å²) in [6.07, 6.45) is 2.27. The lowest BCUT2D eigenvalue weighted by atomic mass is 10.0. The quantitative estimate of drug-likeness (QED) is 0.431. The van der Waals surface area contributed by atoms with Crippen molar-refractivity contribution in [1.82, 2.24) is 15.0 Å². The van der Waals surface area contributed by atoms with Gasteiger partial charge in [0, 0.05) is 17.0 Å². The Bertz CT molecular complexity index is 1260. The molecule has 8 heteroatoms. The maximum absolute atomic E-state index is 13.2. The van der Waals surface area contributed by atoms with Crippen molar-refractivity contribution in [2.24, 2.45) is 0 Å². The van der Waals surface area contributed by atoms with Crippen molar-refractivity contribution < 1.29 is 4.74 Å². The maximum atomic E-state index is 13.2. The van der Waals surface area contributed by atoms with E-state index >= 15 is 0 Å². The summed E-state index contributed by atoms with van der Waals surface area (Å²) in [6, 6.07) is 17.8. The highest BCUT2D eigenvalue weighted by molar-refractivity contribution is 7.80. The Morgan fingerprint density at radius 3 is 2.61 bits per heavy atom. The second-order valence-corrected chi connectivity index (χ2v) is 8.58. The number of nitrogens with zero attached hydrogens (tertiary/aromatic N) is 2. The summed E-state index contributed by atoms with van der Waals surface area (Å²) in [7, 11) is 1.65. The number of hydrogen-bond donors (Lipinski definition) is 2. The molecule has 0 unspecified atom stereocenters. The van der Waals surface area contributed by atoms with Gasteiger partial charge in [0.25, 0.3) is 5.56 Å². The van der Waals surface area contributed by atoms with E-state index in [2.05, 4.69) is 15.7 Å². The van der Waals surface area contributed by atoms with Gasteiger partial charge in [-0.15, -0.1) is 11.3 Å². The number of aryl methyl sites for hydroxylation is 1. The van der Waals surface area contributed by atoms with Gasteiger partial charge in [-0.1, -0.05) is 42.5 Å². The van der Waals surface area contributed by atoms with Gasteiger partial charge in [-0.2, -0.15) is 0 Å². The molecule has 0 fully saturated rings. The van der Waals surface area contributed by atoms with Gasteiger partial charge in [0.2, 0.25) is 0 Å². The van der Waals surface area contributed by atoms with Crippen molar-refractivity contribution >= 4 is 38.9 Å². The van der Waals surface area contributed by atoms with Crippen LogP contribution in [-0.4, -0.2) is 28.4 Å². The molecule has 0 spiro atoms. The number of fused-ring (bicyclic) bond motifs is 1. The lowest BCUT2D eigenvalue weighted by Crippen LogP contribution is -2.39. The number of benzene rings is 2. The van der Waals surface area contributed by atoms with Crippen molar-refractivity contribution in [3.8, 4) is 16.9 Å². The third kappa shape index (κ3) is 4.60. The highest BCUT2D eigenvalue weighted by Crippen LogP contribution is 2.35. The second kappa shape index (κ2) is 9.28. The minimum Gasteiger partial charge on any atom is -0.497 e. The van der Waals surface area contributed by atoms with Gasteiger partial charge in [0.05, 0.1) is 12.5 Å². The Kier molecular flexibility index (Phi) is 6.29. The average molecular weight is 451 g/mol. The van der Waals surface area contributed by atoms with Crippen LogP contribution in [0.25, 0.3) is 21.3 Å². The summed E-state index contributed by atoms with van der Waals surface area (Å²) in [4.78, 5) is 19.4. The van der Waals surface area contributed by atoms with E-state index in [4.69, 9.17) is 17.0 Å². The molecule has 31 heavy (non-hydrogen) atoms. The number of thiocarbonyl (C=S) groups is 1. The Hall–Kier alpha value is -3.23. The molecule has 2 aromatic heterocycles. The predicted octanol–water partition coefficient (Wildman–Crippen LogP) is 4.10. The van der Waals surface area contributed by atoms with Crippen molar-refractivity contribution in [3.05, 3.63) is 81.7 Å². The van der Waals surface area contributed by atoms with E-state index < -0.39 is 0 Å². The van der Waals surface area contributed by atoms with Crippen LogP contribution in [0.15, 0.2) is 65.7 Å². The van der Waals surface area contributed by atoms with Gasteiger partial charge in [-0.3, -0.25) is 10.2 Å². The molecular formula is C23H22N4O2S2. The number of ether oxygens (including phenoxy) is 1. The van der Waals surface area contributed by atoms with Crippen LogP contribution in [-0.2, 0) is 6.42 Å². The Morgan fingerprint density at radius 1 is 1.16 bits per heavy atom. The van der Waals surface area contributed by atoms with E-state index in [-0.39, 0.29) is 5.56 Å². The zero-order valence-electron chi connectivity index (χ0n) is 17.2. The molecule has 0 saturated carbocycles. The van der Waals surface area contributed by atoms with Crippen LogP contribution >= 0.6 is 23.6 Å². The SMILES string of the molecule is COc1ccc(CCNC(=S)Nn2cnc3sc(C)c(-c4ccccc4)c3c2=O)cc1. The molecule has 0 aliphatic rings. The number of methoxy groups -OCH3 is 1. The molecule has 4 aromatic rings. The van der Waals surface area contributed by atoms with E-state index in [0.717, 1.165) is 38.6 Å². The molecule has 2 heterocycles. The van der Waals surface area contributed by atoms with Crippen LogP contribution in [0.1, 0.15) is 10.4 Å². The fourth-order valence-electron chi connectivity index (χ4n) is 3.40. The van der Waals surface area contributed by atoms with E-state index in [9.17, 15) is 4.79 Å². The van der Waals surface area contributed by atoms with Gasteiger partial charge in [-0.25, -0.2) is 9.66 Å². The summed E-state index contributed by atoms with van der Waals surface area (Å²) >= 11 is 6.90. The molecule has 4 rings (SSSR count). The standard InChI is InChI=1S/C23H22N4O2S2/c1-15-19(17-6-4-3-5-7-17)20-21(31-15)25-14-27(22(20)28)26-23(30)24-13-12-16-8-10-18(29-2)11-9-16/h3-11,14H,12-13H2,1-2H3,(H2,24,26,30). The monoisotopic (exact) mass is 450 g/mol. The Balaban J connectivity index is 1.48. The molecule has 6 nitrogen and oxygen atoms in total. The van der Waals surface area contributed by atoms with Crippen molar-refractivity contribution in [3.63, 3.8) is 0 Å². The van der Waals surface area contributed by atoms with Crippen LogP contribution in [0.4, 0.5) is 0 Å². The molecule has 0 atom stereocenters. The molecule has 2 N–H and O–H groups in total. The fraction of sp³-hybridized carbons (Fsp3) is 0.174. The highest BCUT2D eigenvalue weighted by Gasteiger charge is 2.17. The number of nitrogens with one attached hydrogen (secondary N) is 2. The minimum atomic E-state index is -0.174. The number of aromatic nitrogens is 2. The fourth-order valence-corrected chi connectivity index (χ4v) is 4.60. The van der Waals surface area contributed by atoms with Gasteiger partial charge >= 0.3 is 0 Å². The Labute approximate surface area is 189 Å². The molecule has 0 radical (unpaired) electrons. The van der Waals surface area contributed by atoms with Crippen molar-refractivity contribution in [2.45, 2.75) is 13.3 Å². The zero-order valence-corrected chi connectivity index (χ0v) is 18.8. The molecule has 0 bridgehead atoms. The normalized spacial score (nSPS) is 10.8. The summed E-state index contributed by atoms with van der Waals surface area (Å²) in [5, 5.41) is 4.11. The second-order valence-electron chi connectivity index (χ2n) is 6.96. The summed E-state index contributed by atoms with van der Waals surface area (Å²) < 4.78 is 6.51. The van der Waals surface area contributed by atoms with E-state index in [1.807, 2.05) is 61.5 Å². The smallest absolute Gasteiger partial charge is 0.281 e. The Morgan fingerprint density at radius 2 is 1.90 bits per heavy atom. The van der Waals surface area contributed by atoms with Gasteiger partial charge < -0.3 is 10.1 Å². The highest BCUT2D eigenvalue weighted by atomic mass is 32.1. The number of hydrogen-bond acceptors (Lipinski definition) is 5. The lowest BCUT2D eigenvalue weighted by molar-refractivity contribution is 0.414. The van der Waals surface area contributed by atoms with E-state index in [1.54, 1.807) is 7.11 Å². The van der Waals surface area contributed by atoms with Gasteiger partial charge in [0.1, 0.15) is 16.9 Å². The first-order valence-corrected chi connectivity index (χ1v) is 11.0. The van der Waals surface area contributed by atoms with E-state index in [1.165, 1.54) is 22.3 Å². The zero-order chi connectivity index (χ0) is 21.8. The third-order valence-electron chi connectivity index (χ3n) is 4.93. The largest absolute Gasteiger partial charge is 0.497 e. The molecule has 0 saturated heterocycles. The molecule has 0 aliphatic heterocycles. The molecule has 0 amide bonds. The number of rotatable bonds is 6. The summed E-state index contributed by atoms with van der Waals surface area (Å²) in [5.74, 6) is 0.828. The number of thiophene rings is 1. The molecular weight excluding hydrogens is 428 g/mol. The van der Waals surface area contributed by atoms with Gasteiger partial charge in [0.15, 0.2) is 5.11 Å². The van der Waals surface area contributed by atoms with Crippen LogP contribution < -0.4 is 21.0 Å².